The molecule has 22 heavy (non-hydrogen) atoms. The fourth-order valence-corrected chi connectivity index (χ4v) is 1.44. The van der Waals surface area contributed by atoms with Crippen LogP contribution in [0.5, 0.6) is 0 Å². The summed E-state index contributed by atoms with van der Waals surface area (Å²) in [6, 6.07) is 4.86. The van der Waals surface area contributed by atoms with E-state index in [9.17, 15) is 14.9 Å². The fraction of sp³-hybridized carbons (Fsp3) is 0.417. The van der Waals surface area contributed by atoms with E-state index in [4.69, 9.17) is 17.5 Å². The van der Waals surface area contributed by atoms with Crippen molar-refractivity contribution in [2.24, 2.45) is 0 Å². The molecule has 0 aliphatic rings. The molecule has 0 saturated heterocycles. The molecule has 124 valence electrons. The second-order valence-corrected chi connectivity index (χ2v) is 6.26. The molecule has 0 bridgehead atoms. The molecule has 0 fully saturated rings. The second kappa shape index (κ2) is 7.29. The Morgan fingerprint density at radius 3 is 2.05 bits per heavy atom. The average molecular weight is 334 g/mol. The number of benzene rings is 1. The lowest BCUT2D eigenvalue weighted by molar-refractivity contribution is -0.384. The Morgan fingerprint density at radius 2 is 1.73 bits per heavy atom. The lowest BCUT2D eigenvalue weighted by Gasteiger charge is -2.19. The first-order valence-electron chi connectivity index (χ1n) is 5.98. The molecule has 1 amide bonds. The third kappa shape index (κ3) is 8.29. The van der Waals surface area contributed by atoms with Crippen LogP contribution < -0.4 is 5.32 Å². The molecule has 0 spiro atoms. The minimum Gasteiger partial charge on any atom is -0.321 e. The van der Waals surface area contributed by atoms with E-state index in [2.05, 4.69) is 5.32 Å². The van der Waals surface area contributed by atoms with Crippen LogP contribution in [0.3, 0.4) is 0 Å². The number of nitro groups is 1. The van der Waals surface area contributed by atoms with Gasteiger partial charge in [0.2, 0.25) is 5.91 Å². The maximum absolute atomic E-state index is 10.9. The largest absolute Gasteiger partial charge is 0.394 e. The van der Waals surface area contributed by atoms with Crippen LogP contribution in [0, 0.1) is 10.1 Å². The van der Waals surface area contributed by atoms with Gasteiger partial charge in [0.25, 0.3) is 5.69 Å². The van der Waals surface area contributed by atoms with Crippen LogP contribution in [0.2, 0.25) is 0 Å². The van der Waals surface area contributed by atoms with Crippen molar-refractivity contribution < 1.29 is 27.2 Å². The topological polar surface area (TPSA) is 147 Å². The van der Waals surface area contributed by atoms with Crippen LogP contribution in [0.1, 0.15) is 33.3 Å². The van der Waals surface area contributed by atoms with Crippen molar-refractivity contribution >= 4 is 27.7 Å². The number of anilines is 1. The van der Waals surface area contributed by atoms with Gasteiger partial charge in [-0.15, -0.1) is 0 Å². The van der Waals surface area contributed by atoms with Gasteiger partial charge in [-0.3, -0.25) is 24.0 Å². The summed E-state index contributed by atoms with van der Waals surface area (Å²) < 4.78 is 31.6. The molecule has 1 rings (SSSR count). The molecule has 1 aromatic rings. The molecular formula is C12H18N2O7S. The van der Waals surface area contributed by atoms with Crippen molar-refractivity contribution in [3.8, 4) is 0 Å². The van der Waals surface area contributed by atoms with Crippen LogP contribution in [-0.2, 0) is 20.6 Å². The summed E-state index contributed by atoms with van der Waals surface area (Å²) in [7, 11) is -4.67. The molecule has 0 saturated carbocycles. The van der Waals surface area contributed by atoms with Crippen molar-refractivity contribution in [1.29, 1.82) is 0 Å². The lowest BCUT2D eigenvalue weighted by Crippen LogP contribution is -2.13. The van der Waals surface area contributed by atoms with E-state index in [1.54, 1.807) is 12.1 Å². The maximum Gasteiger partial charge on any atom is 0.394 e. The van der Waals surface area contributed by atoms with Gasteiger partial charge in [-0.25, -0.2) is 0 Å². The van der Waals surface area contributed by atoms with Gasteiger partial charge in [-0.1, -0.05) is 26.8 Å². The van der Waals surface area contributed by atoms with E-state index in [0.29, 0.717) is 0 Å². The molecular weight excluding hydrogens is 316 g/mol. The minimum absolute atomic E-state index is 0.0763. The Balaban J connectivity index is 0.000000763. The Hall–Kier alpha value is -2.04. The summed E-state index contributed by atoms with van der Waals surface area (Å²) in [6.07, 6.45) is 0. The molecule has 9 nitrogen and oxygen atoms in total. The number of hydrogen-bond acceptors (Lipinski definition) is 5. The number of nitrogens with zero attached hydrogens (tertiary/aromatic N) is 1. The summed E-state index contributed by atoms with van der Waals surface area (Å²) in [4.78, 5) is 21.4. The Kier molecular flexibility index (Phi) is 6.62. The smallest absolute Gasteiger partial charge is 0.321 e. The van der Waals surface area contributed by atoms with Crippen molar-refractivity contribution in [2.45, 2.75) is 33.1 Å². The van der Waals surface area contributed by atoms with Crippen molar-refractivity contribution in [3.05, 3.63) is 33.9 Å². The Morgan fingerprint density at radius 1 is 1.27 bits per heavy atom. The first kappa shape index (κ1) is 20.0. The monoisotopic (exact) mass is 334 g/mol. The van der Waals surface area contributed by atoms with Crippen LogP contribution in [0.4, 0.5) is 11.4 Å². The molecule has 0 heterocycles. The first-order chi connectivity index (χ1) is 9.71. The highest BCUT2D eigenvalue weighted by atomic mass is 32.3. The van der Waals surface area contributed by atoms with E-state index in [0.717, 1.165) is 5.56 Å². The van der Waals surface area contributed by atoms with E-state index >= 15 is 0 Å². The lowest BCUT2D eigenvalue weighted by atomic mass is 9.86. The number of amides is 1. The zero-order valence-corrected chi connectivity index (χ0v) is 13.3. The molecule has 0 aromatic heterocycles. The molecule has 0 aliphatic heterocycles. The highest BCUT2D eigenvalue weighted by Crippen LogP contribution is 2.31. The van der Waals surface area contributed by atoms with Crippen LogP contribution in [0.15, 0.2) is 18.2 Å². The molecule has 0 radical (unpaired) electrons. The van der Waals surface area contributed by atoms with Crippen LogP contribution in [-0.4, -0.2) is 28.4 Å². The predicted molar refractivity (Wildman–Crippen MR) is 80.3 cm³/mol. The molecule has 0 atom stereocenters. The van der Waals surface area contributed by atoms with Gasteiger partial charge in [-0.05, 0) is 17.0 Å². The van der Waals surface area contributed by atoms with Gasteiger partial charge in [0.15, 0.2) is 0 Å². The number of hydrogen-bond donors (Lipinski definition) is 3. The summed E-state index contributed by atoms with van der Waals surface area (Å²) in [5.41, 5.74) is 0.848. The van der Waals surface area contributed by atoms with Crippen LogP contribution >= 0.6 is 0 Å². The summed E-state index contributed by atoms with van der Waals surface area (Å²) in [5.74, 6) is -0.323. The van der Waals surface area contributed by atoms with Crippen LogP contribution in [0.25, 0.3) is 0 Å². The van der Waals surface area contributed by atoms with Crippen molar-refractivity contribution in [1.82, 2.24) is 0 Å². The quantitative estimate of drug-likeness (QED) is 0.426. The summed E-state index contributed by atoms with van der Waals surface area (Å²) in [6.45, 7) is 7.25. The van der Waals surface area contributed by atoms with Gasteiger partial charge >= 0.3 is 10.4 Å². The fourth-order valence-electron chi connectivity index (χ4n) is 1.44. The zero-order chi connectivity index (χ0) is 17.7. The third-order valence-electron chi connectivity index (χ3n) is 2.37. The number of carbonyl (C=O) groups is 1. The minimum atomic E-state index is -4.67. The molecule has 0 aliphatic carbocycles. The Bertz CT molecular complexity index is 655. The molecule has 1 aromatic carbocycles. The molecule has 10 heteroatoms. The molecule has 0 unspecified atom stereocenters. The van der Waals surface area contributed by atoms with Gasteiger partial charge in [-0.2, -0.15) is 8.42 Å². The maximum atomic E-state index is 10.9. The summed E-state index contributed by atoms with van der Waals surface area (Å²) in [5, 5.41) is 13.4. The van der Waals surface area contributed by atoms with Gasteiger partial charge in [0.1, 0.15) is 5.69 Å². The van der Waals surface area contributed by atoms with Gasteiger partial charge in [0, 0.05) is 13.0 Å². The average Bonchev–Trinajstić information content (AvgIpc) is 2.24. The predicted octanol–water partition coefficient (Wildman–Crippen LogP) is 2.20. The van der Waals surface area contributed by atoms with Gasteiger partial charge in [0.05, 0.1) is 4.92 Å². The summed E-state index contributed by atoms with van der Waals surface area (Å²) >= 11 is 0. The zero-order valence-electron chi connectivity index (χ0n) is 12.5. The number of rotatable bonds is 2. The van der Waals surface area contributed by atoms with Gasteiger partial charge < -0.3 is 5.32 Å². The van der Waals surface area contributed by atoms with E-state index in [1.165, 1.54) is 13.0 Å². The molecule has 3 N–H and O–H groups in total. The van der Waals surface area contributed by atoms with E-state index in [-0.39, 0.29) is 22.7 Å². The highest BCUT2D eigenvalue weighted by Gasteiger charge is 2.21. The normalized spacial score (nSPS) is 11.2. The van der Waals surface area contributed by atoms with E-state index in [1.807, 2.05) is 20.8 Å². The number of nitrogens with one attached hydrogen (secondary N) is 1. The number of nitro benzene ring substituents is 1. The Labute approximate surface area is 128 Å². The van der Waals surface area contributed by atoms with E-state index < -0.39 is 15.3 Å². The second-order valence-electron chi connectivity index (χ2n) is 5.37. The number of carbonyl (C=O) groups excluding carboxylic acids is 1. The van der Waals surface area contributed by atoms with Crippen molar-refractivity contribution in [3.63, 3.8) is 0 Å². The standard InChI is InChI=1S/C12H16N2O3.H2O4S/c1-8(15)13-10-6-5-9(12(2,3)4)7-11(10)14(16)17;1-5(2,3)4/h5-7H,1-4H3,(H,13,15);(H2,1,2,3,4). The SMILES string of the molecule is CC(=O)Nc1ccc(C(C)(C)C)cc1[N+](=O)[O-].O=S(=O)(O)O. The first-order valence-corrected chi connectivity index (χ1v) is 7.38. The highest BCUT2D eigenvalue weighted by molar-refractivity contribution is 7.79. The van der Waals surface area contributed by atoms with Crippen molar-refractivity contribution in [2.75, 3.05) is 5.32 Å². The third-order valence-corrected chi connectivity index (χ3v) is 2.37.